The maximum Gasteiger partial charge on any atom is 0.333 e. The summed E-state index contributed by atoms with van der Waals surface area (Å²) in [6.07, 6.45) is 0. The van der Waals surface area contributed by atoms with E-state index in [1.54, 1.807) is 20.8 Å². The first-order valence-electron chi connectivity index (χ1n) is 7.85. The Morgan fingerprint density at radius 2 is 0.778 bits per heavy atom. The van der Waals surface area contributed by atoms with Crippen LogP contribution >= 0.6 is 0 Å². The molecular weight excluding hydrogens is 360 g/mol. The van der Waals surface area contributed by atoms with Gasteiger partial charge in [-0.1, -0.05) is 19.7 Å². The van der Waals surface area contributed by atoms with Gasteiger partial charge >= 0.3 is 17.9 Å². The number of aliphatic hydroxyl groups excluding tert-OH is 3. The minimum Gasteiger partial charge on any atom is -0.460 e. The van der Waals surface area contributed by atoms with Crippen molar-refractivity contribution >= 4 is 17.9 Å². The first-order valence-corrected chi connectivity index (χ1v) is 7.85. The molecular formula is C18H30O9. The SMILES string of the molecule is C=C(C)C(=O)OCCO.C=C(C)C(=O)OCCO.C=C(C)C(=O)OCCO. The predicted octanol–water partition coefficient (Wildman–Crippen LogP) is 0.294. The molecule has 0 saturated carbocycles. The number of ether oxygens (including phenoxy) is 3. The van der Waals surface area contributed by atoms with Crippen molar-refractivity contribution in [1.82, 2.24) is 0 Å². The molecule has 9 nitrogen and oxygen atoms in total. The van der Waals surface area contributed by atoms with E-state index in [0.29, 0.717) is 16.7 Å². The van der Waals surface area contributed by atoms with Crippen LogP contribution in [0.25, 0.3) is 0 Å². The quantitative estimate of drug-likeness (QED) is 0.288. The van der Waals surface area contributed by atoms with Crippen molar-refractivity contribution in [3.8, 4) is 0 Å². The zero-order valence-corrected chi connectivity index (χ0v) is 16.2. The Balaban J connectivity index is -0.000000320. The Morgan fingerprint density at radius 3 is 0.889 bits per heavy atom. The van der Waals surface area contributed by atoms with E-state index in [1.807, 2.05) is 0 Å². The van der Waals surface area contributed by atoms with Crippen LogP contribution in [-0.4, -0.2) is 72.9 Å². The van der Waals surface area contributed by atoms with E-state index in [0.717, 1.165) is 0 Å². The van der Waals surface area contributed by atoms with Gasteiger partial charge in [0.15, 0.2) is 0 Å². The minimum absolute atomic E-state index is 0.0473. The fourth-order valence-electron chi connectivity index (χ4n) is 0.785. The molecule has 0 rings (SSSR count). The van der Waals surface area contributed by atoms with Crippen LogP contribution in [0.15, 0.2) is 36.5 Å². The average Bonchev–Trinajstić information content (AvgIpc) is 2.62. The Labute approximate surface area is 159 Å². The third kappa shape index (κ3) is 23.5. The summed E-state index contributed by atoms with van der Waals surface area (Å²) in [6.45, 7) is 14.4. The van der Waals surface area contributed by atoms with E-state index in [-0.39, 0.29) is 39.6 Å². The molecule has 0 bridgehead atoms. The van der Waals surface area contributed by atoms with Crippen LogP contribution in [0.3, 0.4) is 0 Å². The summed E-state index contributed by atoms with van der Waals surface area (Å²) in [4.78, 5) is 31.4. The van der Waals surface area contributed by atoms with Crippen molar-refractivity contribution in [2.45, 2.75) is 20.8 Å². The molecule has 0 spiro atoms. The highest BCUT2D eigenvalue weighted by Gasteiger charge is 2.01. The number of carbonyl (C=O) groups is 3. The van der Waals surface area contributed by atoms with Gasteiger partial charge in [-0.05, 0) is 20.8 Å². The summed E-state index contributed by atoms with van der Waals surface area (Å²) in [5, 5.41) is 24.6. The number of esters is 3. The third-order valence-electron chi connectivity index (χ3n) is 2.02. The Hall–Kier alpha value is -2.49. The maximum atomic E-state index is 10.5. The average molecular weight is 390 g/mol. The van der Waals surface area contributed by atoms with Crippen LogP contribution in [0.2, 0.25) is 0 Å². The lowest BCUT2D eigenvalue weighted by molar-refractivity contribution is -0.140. The zero-order chi connectivity index (χ0) is 21.8. The molecule has 0 amide bonds. The van der Waals surface area contributed by atoms with Gasteiger partial charge in [0, 0.05) is 16.7 Å². The van der Waals surface area contributed by atoms with E-state index in [1.165, 1.54) is 0 Å². The second-order valence-electron chi connectivity index (χ2n) is 4.92. The number of carbonyl (C=O) groups excluding carboxylic acids is 3. The van der Waals surface area contributed by atoms with Gasteiger partial charge < -0.3 is 29.5 Å². The second kappa shape index (κ2) is 19.8. The maximum absolute atomic E-state index is 10.5. The van der Waals surface area contributed by atoms with E-state index >= 15 is 0 Å². The van der Waals surface area contributed by atoms with Gasteiger partial charge in [0.1, 0.15) is 19.8 Å². The monoisotopic (exact) mass is 390 g/mol. The molecule has 0 radical (unpaired) electrons. The highest BCUT2D eigenvalue weighted by molar-refractivity contribution is 5.87. The molecule has 9 heteroatoms. The highest BCUT2D eigenvalue weighted by atomic mass is 16.5. The highest BCUT2D eigenvalue weighted by Crippen LogP contribution is 1.91. The zero-order valence-electron chi connectivity index (χ0n) is 16.2. The summed E-state index contributed by atoms with van der Waals surface area (Å²) in [7, 11) is 0. The molecule has 0 fully saturated rings. The van der Waals surface area contributed by atoms with Crippen LogP contribution in [0.5, 0.6) is 0 Å². The molecule has 0 atom stereocenters. The Bertz CT molecular complexity index is 424. The molecule has 0 aliphatic rings. The number of aliphatic hydroxyl groups is 3. The predicted molar refractivity (Wildman–Crippen MR) is 98.6 cm³/mol. The van der Waals surface area contributed by atoms with Crippen LogP contribution in [0, 0.1) is 0 Å². The summed E-state index contributed by atoms with van der Waals surface area (Å²) in [6, 6.07) is 0. The summed E-state index contributed by atoms with van der Waals surface area (Å²) >= 11 is 0. The molecule has 0 aliphatic heterocycles. The van der Waals surface area contributed by atoms with E-state index in [2.05, 4.69) is 33.9 Å². The second-order valence-corrected chi connectivity index (χ2v) is 4.92. The van der Waals surface area contributed by atoms with E-state index in [4.69, 9.17) is 15.3 Å². The van der Waals surface area contributed by atoms with Crippen molar-refractivity contribution in [2.75, 3.05) is 39.6 Å². The topological polar surface area (TPSA) is 140 Å². The molecule has 0 heterocycles. The Kier molecular flexibility index (Phi) is 21.5. The largest absolute Gasteiger partial charge is 0.460 e. The number of hydrogen-bond acceptors (Lipinski definition) is 9. The Morgan fingerprint density at radius 1 is 0.593 bits per heavy atom. The van der Waals surface area contributed by atoms with Crippen molar-refractivity contribution in [3.63, 3.8) is 0 Å². The standard InChI is InChI=1S/3C6H10O3/c3*1-5(2)6(8)9-4-3-7/h3*7H,1,3-4H2,2H3. The molecule has 0 saturated heterocycles. The van der Waals surface area contributed by atoms with Gasteiger partial charge in [-0.15, -0.1) is 0 Å². The molecule has 156 valence electrons. The molecule has 27 heavy (non-hydrogen) atoms. The molecule has 0 unspecified atom stereocenters. The smallest absolute Gasteiger partial charge is 0.333 e. The molecule has 0 aliphatic carbocycles. The van der Waals surface area contributed by atoms with Crippen LogP contribution in [0.4, 0.5) is 0 Å². The fourth-order valence-corrected chi connectivity index (χ4v) is 0.785. The van der Waals surface area contributed by atoms with Crippen LogP contribution in [-0.2, 0) is 28.6 Å². The van der Waals surface area contributed by atoms with Gasteiger partial charge in [0.2, 0.25) is 0 Å². The summed E-state index contributed by atoms with van der Waals surface area (Å²) < 4.78 is 13.4. The van der Waals surface area contributed by atoms with Crippen LogP contribution in [0.1, 0.15) is 20.8 Å². The van der Waals surface area contributed by atoms with Crippen molar-refractivity contribution in [1.29, 1.82) is 0 Å². The molecule has 3 N–H and O–H groups in total. The van der Waals surface area contributed by atoms with Gasteiger partial charge in [-0.2, -0.15) is 0 Å². The summed E-state index contributed by atoms with van der Waals surface area (Å²) in [5.74, 6) is -1.36. The minimum atomic E-state index is -0.455. The number of hydrogen-bond donors (Lipinski definition) is 3. The first kappa shape index (κ1) is 29.3. The fraction of sp³-hybridized carbons (Fsp3) is 0.500. The van der Waals surface area contributed by atoms with Gasteiger partial charge in [0.05, 0.1) is 19.8 Å². The molecule has 0 aromatic carbocycles. The number of rotatable bonds is 9. The van der Waals surface area contributed by atoms with Crippen molar-refractivity contribution in [2.24, 2.45) is 0 Å². The van der Waals surface area contributed by atoms with Crippen molar-refractivity contribution < 1.29 is 43.9 Å². The molecule has 0 aromatic heterocycles. The lowest BCUT2D eigenvalue weighted by Gasteiger charge is -1.99. The van der Waals surface area contributed by atoms with E-state index < -0.39 is 17.9 Å². The lowest BCUT2D eigenvalue weighted by Crippen LogP contribution is -2.08. The normalized spacial score (nSPS) is 8.67. The lowest BCUT2D eigenvalue weighted by atomic mass is 10.4. The van der Waals surface area contributed by atoms with Gasteiger partial charge in [-0.25, -0.2) is 14.4 Å². The van der Waals surface area contributed by atoms with Gasteiger partial charge in [0.25, 0.3) is 0 Å². The van der Waals surface area contributed by atoms with E-state index in [9.17, 15) is 14.4 Å². The molecule has 0 aromatic rings. The van der Waals surface area contributed by atoms with Gasteiger partial charge in [-0.3, -0.25) is 0 Å². The third-order valence-corrected chi connectivity index (χ3v) is 2.02. The van der Waals surface area contributed by atoms with Crippen LogP contribution < -0.4 is 0 Å². The summed E-state index contributed by atoms with van der Waals surface area (Å²) in [5.41, 5.74) is 1.05. The van der Waals surface area contributed by atoms with Crippen molar-refractivity contribution in [3.05, 3.63) is 36.5 Å². The first-order chi connectivity index (χ1) is 12.5.